The number of anilines is 1. The Morgan fingerprint density at radius 3 is 2.76 bits per heavy atom. The van der Waals surface area contributed by atoms with Gasteiger partial charge in [0.05, 0.1) is 6.04 Å². The second-order valence-electron chi connectivity index (χ2n) is 5.44. The fraction of sp³-hybridized carbons (Fsp3) is 0.294. The third-order valence-electron chi connectivity index (χ3n) is 4.07. The number of hydrogen-bond donors (Lipinski definition) is 1. The number of nitrogens with one attached hydrogen (secondary N) is 1. The van der Waals surface area contributed by atoms with Crippen molar-refractivity contribution >= 4 is 17.3 Å². The van der Waals surface area contributed by atoms with E-state index in [1.165, 1.54) is 11.1 Å². The molecule has 3 nitrogen and oxygen atoms in total. The molecule has 1 heterocycles. The van der Waals surface area contributed by atoms with Crippen molar-refractivity contribution in [3.63, 3.8) is 0 Å². The van der Waals surface area contributed by atoms with Gasteiger partial charge in [0.25, 0.3) is 0 Å². The van der Waals surface area contributed by atoms with Gasteiger partial charge in [-0.2, -0.15) is 0 Å². The van der Waals surface area contributed by atoms with Gasteiger partial charge in [-0.3, -0.25) is 0 Å². The molecular weight excluding hydrogens is 286 g/mol. The molecule has 0 amide bonds. The van der Waals surface area contributed by atoms with Crippen LogP contribution in [0.4, 0.5) is 5.69 Å². The topological polar surface area (TPSA) is 30.5 Å². The smallest absolute Gasteiger partial charge is 0.163 e. The molecule has 2 aromatic rings. The van der Waals surface area contributed by atoms with Gasteiger partial charge in [0.1, 0.15) is 13.2 Å². The van der Waals surface area contributed by atoms with Crippen molar-refractivity contribution in [3.05, 3.63) is 52.5 Å². The summed E-state index contributed by atoms with van der Waals surface area (Å²) in [6, 6.07) is 12.5. The minimum atomic E-state index is 0.333. The maximum Gasteiger partial charge on any atom is 0.163 e. The third-order valence-corrected chi connectivity index (χ3v) is 4.30. The van der Waals surface area contributed by atoms with E-state index in [-0.39, 0.29) is 0 Å². The molecule has 2 aromatic carbocycles. The molecule has 0 fully saturated rings. The maximum atomic E-state index is 6.06. The molecule has 108 valence electrons. The largest absolute Gasteiger partial charge is 0.486 e. The number of ether oxygens (including phenoxy) is 2. The standard InChI is InChI=1S/C17H16ClNO2/c18-12-2-4-14-11(9-12)1-5-15(14)19-13-3-6-16-17(10-13)21-8-7-20-16/h2-4,6,9-10,15,19H,1,5,7-8H2. The minimum Gasteiger partial charge on any atom is -0.486 e. The van der Waals surface area contributed by atoms with Gasteiger partial charge in [-0.1, -0.05) is 17.7 Å². The molecule has 1 aliphatic carbocycles. The molecular formula is C17H16ClNO2. The first-order valence-corrected chi connectivity index (χ1v) is 7.62. The summed E-state index contributed by atoms with van der Waals surface area (Å²) < 4.78 is 11.2. The van der Waals surface area contributed by atoms with Gasteiger partial charge >= 0.3 is 0 Å². The van der Waals surface area contributed by atoms with Gasteiger partial charge in [0, 0.05) is 16.8 Å². The Kier molecular flexibility index (Phi) is 3.15. The summed E-state index contributed by atoms with van der Waals surface area (Å²) in [6.45, 7) is 1.23. The Bertz CT molecular complexity index is 686. The van der Waals surface area contributed by atoms with Crippen LogP contribution in [0.5, 0.6) is 11.5 Å². The minimum absolute atomic E-state index is 0.333. The van der Waals surface area contributed by atoms with Gasteiger partial charge in [0.15, 0.2) is 11.5 Å². The number of rotatable bonds is 2. The summed E-state index contributed by atoms with van der Waals surface area (Å²) in [7, 11) is 0. The first-order chi connectivity index (χ1) is 10.3. The predicted octanol–water partition coefficient (Wildman–Crippen LogP) is 4.21. The van der Waals surface area contributed by atoms with Gasteiger partial charge in [-0.05, 0) is 48.2 Å². The molecule has 0 spiro atoms. The molecule has 1 unspecified atom stereocenters. The Morgan fingerprint density at radius 1 is 1.00 bits per heavy atom. The average molecular weight is 302 g/mol. The fourth-order valence-corrected chi connectivity index (χ4v) is 3.27. The molecule has 21 heavy (non-hydrogen) atoms. The van der Waals surface area contributed by atoms with Crippen LogP contribution in [0.25, 0.3) is 0 Å². The number of aryl methyl sites for hydroxylation is 1. The first kappa shape index (κ1) is 12.8. The van der Waals surface area contributed by atoms with E-state index in [9.17, 15) is 0 Å². The van der Waals surface area contributed by atoms with E-state index in [1.54, 1.807) is 0 Å². The molecule has 1 atom stereocenters. The monoisotopic (exact) mass is 301 g/mol. The van der Waals surface area contributed by atoms with E-state index < -0.39 is 0 Å². The lowest BCUT2D eigenvalue weighted by Crippen LogP contribution is -2.15. The average Bonchev–Trinajstić information content (AvgIpc) is 2.89. The molecule has 0 bridgehead atoms. The van der Waals surface area contributed by atoms with Gasteiger partial charge < -0.3 is 14.8 Å². The van der Waals surface area contributed by atoms with Gasteiger partial charge in [-0.25, -0.2) is 0 Å². The van der Waals surface area contributed by atoms with Crippen LogP contribution in [0.15, 0.2) is 36.4 Å². The first-order valence-electron chi connectivity index (χ1n) is 7.24. The highest BCUT2D eigenvalue weighted by atomic mass is 35.5. The van der Waals surface area contributed by atoms with E-state index in [0.29, 0.717) is 19.3 Å². The molecule has 4 heteroatoms. The van der Waals surface area contributed by atoms with Crippen LogP contribution in [0.2, 0.25) is 5.02 Å². The number of benzene rings is 2. The Labute approximate surface area is 128 Å². The molecule has 1 aliphatic heterocycles. The van der Waals surface area contributed by atoms with E-state index in [2.05, 4.69) is 17.4 Å². The summed E-state index contributed by atoms with van der Waals surface area (Å²) in [5, 5.41) is 4.40. The molecule has 0 aromatic heterocycles. The zero-order chi connectivity index (χ0) is 14.2. The van der Waals surface area contributed by atoms with Gasteiger partial charge in [-0.15, -0.1) is 0 Å². The molecule has 1 N–H and O–H groups in total. The lowest BCUT2D eigenvalue weighted by Gasteiger charge is -2.21. The van der Waals surface area contributed by atoms with Gasteiger partial charge in [0.2, 0.25) is 0 Å². The zero-order valence-corrected chi connectivity index (χ0v) is 12.3. The van der Waals surface area contributed by atoms with E-state index in [0.717, 1.165) is 35.1 Å². The predicted molar refractivity (Wildman–Crippen MR) is 83.6 cm³/mol. The molecule has 0 saturated heterocycles. The summed E-state index contributed by atoms with van der Waals surface area (Å²) in [4.78, 5) is 0. The Balaban J connectivity index is 1.58. The molecule has 0 saturated carbocycles. The van der Waals surface area contributed by atoms with Crippen molar-refractivity contribution in [1.82, 2.24) is 0 Å². The van der Waals surface area contributed by atoms with Crippen LogP contribution in [0.3, 0.4) is 0 Å². The second-order valence-corrected chi connectivity index (χ2v) is 5.87. The Hall–Kier alpha value is -1.87. The van der Waals surface area contributed by atoms with Crippen molar-refractivity contribution in [2.24, 2.45) is 0 Å². The lowest BCUT2D eigenvalue weighted by molar-refractivity contribution is 0.171. The van der Waals surface area contributed by atoms with Crippen molar-refractivity contribution in [1.29, 1.82) is 0 Å². The molecule has 0 radical (unpaired) electrons. The summed E-state index contributed by atoms with van der Waals surface area (Å²) in [5.74, 6) is 1.64. The highest BCUT2D eigenvalue weighted by Crippen LogP contribution is 2.38. The van der Waals surface area contributed by atoms with Crippen molar-refractivity contribution < 1.29 is 9.47 Å². The van der Waals surface area contributed by atoms with E-state index in [4.69, 9.17) is 21.1 Å². The highest BCUT2D eigenvalue weighted by molar-refractivity contribution is 6.30. The van der Waals surface area contributed by atoms with Crippen LogP contribution >= 0.6 is 11.6 Å². The normalized spacial score (nSPS) is 19.2. The lowest BCUT2D eigenvalue weighted by atomic mass is 10.1. The third kappa shape index (κ3) is 2.42. The fourth-order valence-electron chi connectivity index (χ4n) is 3.07. The van der Waals surface area contributed by atoms with Crippen molar-refractivity contribution in [2.45, 2.75) is 18.9 Å². The maximum absolute atomic E-state index is 6.06. The molecule has 4 rings (SSSR count). The van der Waals surface area contributed by atoms with Crippen LogP contribution in [-0.2, 0) is 6.42 Å². The van der Waals surface area contributed by atoms with E-state index >= 15 is 0 Å². The SMILES string of the molecule is Clc1ccc2c(c1)CCC2Nc1ccc2c(c1)OCCO2. The van der Waals surface area contributed by atoms with Crippen LogP contribution in [-0.4, -0.2) is 13.2 Å². The van der Waals surface area contributed by atoms with Crippen LogP contribution in [0, 0.1) is 0 Å². The number of hydrogen-bond acceptors (Lipinski definition) is 3. The number of fused-ring (bicyclic) bond motifs is 2. The highest BCUT2D eigenvalue weighted by Gasteiger charge is 2.23. The van der Waals surface area contributed by atoms with Crippen LogP contribution < -0.4 is 14.8 Å². The quantitative estimate of drug-likeness (QED) is 0.901. The van der Waals surface area contributed by atoms with E-state index in [1.807, 2.05) is 24.3 Å². The Morgan fingerprint density at radius 2 is 1.86 bits per heavy atom. The second kappa shape index (κ2) is 5.15. The zero-order valence-electron chi connectivity index (χ0n) is 11.6. The summed E-state index contributed by atoms with van der Waals surface area (Å²) >= 11 is 6.06. The summed E-state index contributed by atoms with van der Waals surface area (Å²) in [5.41, 5.74) is 3.75. The van der Waals surface area contributed by atoms with Crippen molar-refractivity contribution in [3.8, 4) is 11.5 Å². The molecule has 2 aliphatic rings. The van der Waals surface area contributed by atoms with Crippen molar-refractivity contribution in [2.75, 3.05) is 18.5 Å². The number of halogens is 1. The summed E-state index contributed by atoms with van der Waals surface area (Å²) in [6.07, 6.45) is 2.15. The van der Waals surface area contributed by atoms with Crippen LogP contribution in [0.1, 0.15) is 23.6 Å².